The van der Waals surface area contributed by atoms with E-state index in [0.717, 1.165) is 28.1 Å². The van der Waals surface area contributed by atoms with Crippen molar-refractivity contribution in [2.75, 3.05) is 12.8 Å². The van der Waals surface area contributed by atoms with Crippen molar-refractivity contribution in [3.05, 3.63) is 76.1 Å². The highest BCUT2D eigenvalue weighted by atomic mass is 32.2. The third-order valence-corrected chi connectivity index (χ3v) is 7.49. The summed E-state index contributed by atoms with van der Waals surface area (Å²) in [6.45, 7) is -0.170. The van der Waals surface area contributed by atoms with Crippen LogP contribution in [-0.4, -0.2) is 42.9 Å². The number of carbonyl (C=O) groups is 2. The van der Waals surface area contributed by atoms with E-state index < -0.39 is 15.7 Å². The molecular weight excluding hydrogens is 478 g/mol. The van der Waals surface area contributed by atoms with Crippen molar-refractivity contribution in [1.82, 2.24) is 15.3 Å². The number of thiazole rings is 2. The molecule has 2 heterocycles. The van der Waals surface area contributed by atoms with Gasteiger partial charge in [0.25, 0.3) is 5.91 Å². The Hall–Kier alpha value is -3.21. The van der Waals surface area contributed by atoms with E-state index in [1.54, 1.807) is 17.5 Å². The van der Waals surface area contributed by atoms with Crippen LogP contribution < -0.4 is 5.32 Å². The van der Waals surface area contributed by atoms with Crippen molar-refractivity contribution >= 4 is 44.2 Å². The van der Waals surface area contributed by atoms with E-state index in [1.807, 2.05) is 35.0 Å². The number of rotatable bonds is 8. The number of hydrogen-bond acceptors (Lipinski definition) is 8. The molecule has 0 saturated carbocycles. The molecule has 0 unspecified atom stereocenters. The molecule has 0 aliphatic rings. The Labute approximate surface area is 199 Å². The summed E-state index contributed by atoms with van der Waals surface area (Å²) in [6.07, 6.45) is 2.94. The lowest BCUT2D eigenvalue weighted by Crippen LogP contribution is -2.30. The van der Waals surface area contributed by atoms with Gasteiger partial charge in [-0.05, 0) is 24.3 Å². The molecule has 0 aliphatic carbocycles. The Bertz CT molecular complexity index is 1410. The molecule has 33 heavy (non-hydrogen) atoms. The fourth-order valence-corrected chi connectivity index (χ4v) is 5.22. The highest BCUT2D eigenvalue weighted by molar-refractivity contribution is 7.90. The van der Waals surface area contributed by atoms with Gasteiger partial charge < -0.3 is 5.32 Å². The van der Waals surface area contributed by atoms with Gasteiger partial charge in [-0.15, -0.1) is 22.7 Å². The maximum Gasteiger partial charge on any atom is 0.251 e. The number of ketones is 1. The number of carbonyl (C=O) groups excluding carboxylic acids is 2. The molecular formula is C23H19N3O4S3. The van der Waals surface area contributed by atoms with Gasteiger partial charge in [-0.1, -0.05) is 24.3 Å². The third kappa shape index (κ3) is 5.78. The van der Waals surface area contributed by atoms with Crippen molar-refractivity contribution in [2.24, 2.45) is 0 Å². The van der Waals surface area contributed by atoms with Crippen LogP contribution in [0.3, 0.4) is 0 Å². The van der Waals surface area contributed by atoms with Gasteiger partial charge in [-0.2, -0.15) is 0 Å². The number of Topliss-reactive ketones (excluding diaryl/α,β-unsaturated/α-hetero) is 1. The lowest BCUT2D eigenvalue weighted by molar-refractivity contribution is -0.117. The Morgan fingerprint density at radius 2 is 1.82 bits per heavy atom. The average Bonchev–Trinajstić information content (AvgIpc) is 3.50. The van der Waals surface area contributed by atoms with Crippen molar-refractivity contribution in [2.45, 2.75) is 11.3 Å². The molecule has 168 valence electrons. The van der Waals surface area contributed by atoms with Gasteiger partial charge >= 0.3 is 0 Å². The minimum Gasteiger partial charge on any atom is -0.345 e. The van der Waals surface area contributed by atoms with Gasteiger partial charge in [0.05, 0.1) is 23.6 Å². The van der Waals surface area contributed by atoms with E-state index in [1.165, 1.54) is 35.6 Å². The van der Waals surface area contributed by atoms with E-state index in [-0.39, 0.29) is 29.2 Å². The standard InChI is InChI=1S/C23H19N3O4S3/c1-33(29,30)19-7-3-5-16(11-19)22(28)25-13-18(27)12-21-26-20(14-32-21)15-4-2-6-17(10-15)23-24-8-9-31-23/h2-11,14H,12-13H2,1H3,(H,25,28). The van der Waals surface area contributed by atoms with Crippen LogP contribution in [0, 0.1) is 0 Å². The van der Waals surface area contributed by atoms with Gasteiger partial charge in [0, 0.05) is 39.9 Å². The zero-order valence-corrected chi connectivity index (χ0v) is 20.0. The van der Waals surface area contributed by atoms with Crippen molar-refractivity contribution in [3.8, 4) is 21.8 Å². The second-order valence-electron chi connectivity index (χ2n) is 7.24. The Morgan fingerprint density at radius 1 is 1.03 bits per heavy atom. The van der Waals surface area contributed by atoms with Crippen LogP contribution in [0.4, 0.5) is 0 Å². The van der Waals surface area contributed by atoms with E-state index >= 15 is 0 Å². The first-order valence-corrected chi connectivity index (χ1v) is 13.5. The molecule has 0 bridgehead atoms. The Morgan fingerprint density at radius 3 is 2.58 bits per heavy atom. The van der Waals surface area contributed by atoms with E-state index in [0.29, 0.717) is 5.01 Å². The quantitative estimate of drug-likeness (QED) is 0.396. The van der Waals surface area contributed by atoms with Crippen LogP contribution in [0.15, 0.2) is 70.4 Å². The topological polar surface area (TPSA) is 106 Å². The summed E-state index contributed by atoms with van der Waals surface area (Å²) in [5.41, 5.74) is 2.91. The molecule has 4 rings (SSSR count). The second-order valence-corrected chi connectivity index (χ2v) is 11.1. The fourth-order valence-electron chi connectivity index (χ4n) is 3.08. The van der Waals surface area contributed by atoms with Crippen LogP contribution >= 0.6 is 22.7 Å². The summed E-state index contributed by atoms with van der Waals surface area (Å²) < 4.78 is 23.3. The Kier molecular flexibility index (Phi) is 6.77. The first-order chi connectivity index (χ1) is 15.8. The summed E-state index contributed by atoms with van der Waals surface area (Å²) in [4.78, 5) is 33.7. The lowest BCUT2D eigenvalue weighted by Gasteiger charge is -2.05. The minimum absolute atomic E-state index is 0.0516. The molecule has 1 N–H and O–H groups in total. The van der Waals surface area contributed by atoms with Gasteiger partial charge in [0.15, 0.2) is 15.6 Å². The zero-order chi connectivity index (χ0) is 23.4. The summed E-state index contributed by atoms with van der Waals surface area (Å²) >= 11 is 2.95. The zero-order valence-electron chi connectivity index (χ0n) is 17.5. The van der Waals surface area contributed by atoms with Crippen molar-refractivity contribution in [3.63, 3.8) is 0 Å². The molecule has 0 fully saturated rings. The van der Waals surface area contributed by atoms with Crippen LogP contribution in [-0.2, 0) is 21.1 Å². The molecule has 7 nitrogen and oxygen atoms in total. The number of sulfone groups is 1. The number of hydrogen-bond donors (Lipinski definition) is 1. The maximum atomic E-state index is 12.4. The molecule has 0 radical (unpaired) electrons. The van der Waals surface area contributed by atoms with Crippen molar-refractivity contribution in [1.29, 1.82) is 0 Å². The van der Waals surface area contributed by atoms with Crippen LogP contribution in [0.2, 0.25) is 0 Å². The number of nitrogens with one attached hydrogen (secondary N) is 1. The van der Waals surface area contributed by atoms with E-state index in [2.05, 4.69) is 15.3 Å². The summed E-state index contributed by atoms with van der Waals surface area (Å²) in [5, 5.41) is 7.96. The predicted molar refractivity (Wildman–Crippen MR) is 129 cm³/mol. The monoisotopic (exact) mass is 497 g/mol. The van der Waals surface area contributed by atoms with Gasteiger partial charge in [-0.25, -0.2) is 18.4 Å². The first-order valence-electron chi connectivity index (χ1n) is 9.84. The lowest BCUT2D eigenvalue weighted by atomic mass is 10.1. The number of amides is 1. The molecule has 0 aliphatic heterocycles. The maximum absolute atomic E-state index is 12.4. The highest BCUT2D eigenvalue weighted by Gasteiger charge is 2.14. The number of aromatic nitrogens is 2. The molecule has 0 spiro atoms. The van der Waals surface area contributed by atoms with Crippen LogP contribution in [0.25, 0.3) is 21.8 Å². The number of benzene rings is 2. The summed E-state index contributed by atoms with van der Waals surface area (Å²) in [6, 6.07) is 13.6. The second kappa shape index (κ2) is 9.74. The SMILES string of the molecule is CS(=O)(=O)c1cccc(C(=O)NCC(=O)Cc2nc(-c3cccc(-c4nccs4)c3)cs2)c1. The highest BCUT2D eigenvalue weighted by Crippen LogP contribution is 2.28. The first kappa shape index (κ1) is 23.0. The Balaban J connectivity index is 1.37. The van der Waals surface area contributed by atoms with Crippen LogP contribution in [0.1, 0.15) is 15.4 Å². The molecule has 0 atom stereocenters. The average molecular weight is 498 g/mol. The summed E-state index contributed by atoms with van der Waals surface area (Å²) in [7, 11) is -3.42. The largest absolute Gasteiger partial charge is 0.345 e. The van der Waals surface area contributed by atoms with E-state index in [9.17, 15) is 18.0 Å². The fraction of sp³-hybridized carbons (Fsp3) is 0.130. The van der Waals surface area contributed by atoms with Gasteiger partial charge in [0.1, 0.15) is 10.0 Å². The molecule has 10 heteroatoms. The normalized spacial score (nSPS) is 11.3. The third-order valence-electron chi connectivity index (χ3n) is 4.71. The smallest absolute Gasteiger partial charge is 0.251 e. The molecule has 2 aromatic heterocycles. The molecule has 0 saturated heterocycles. The van der Waals surface area contributed by atoms with Gasteiger partial charge in [-0.3, -0.25) is 9.59 Å². The molecule has 4 aromatic rings. The van der Waals surface area contributed by atoms with E-state index in [4.69, 9.17) is 0 Å². The van der Waals surface area contributed by atoms with Gasteiger partial charge in [0.2, 0.25) is 0 Å². The predicted octanol–water partition coefficient (Wildman–Crippen LogP) is 3.88. The minimum atomic E-state index is -3.42. The van der Waals surface area contributed by atoms with Crippen molar-refractivity contribution < 1.29 is 18.0 Å². The number of nitrogens with zero attached hydrogens (tertiary/aromatic N) is 2. The van der Waals surface area contributed by atoms with Crippen LogP contribution in [0.5, 0.6) is 0 Å². The molecule has 2 aromatic carbocycles. The summed E-state index contributed by atoms with van der Waals surface area (Å²) in [5.74, 6) is -0.701. The molecule has 1 amide bonds.